The smallest absolute Gasteiger partial charge is 0.354 e. The van der Waals surface area contributed by atoms with Crippen LogP contribution in [0.3, 0.4) is 0 Å². The number of aromatic nitrogens is 1. The Kier molecular flexibility index (Phi) is 1.98. The van der Waals surface area contributed by atoms with Crippen molar-refractivity contribution in [3.8, 4) is 0 Å². The molecule has 0 amide bonds. The van der Waals surface area contributed by atoms with Crippen molar-refractivity contribution in [2.75, 3.05) is 7.11 Å². The number of aromatic amines is 1. The number of thiophene rings is 1. The van der Waals surface area contributed by atoms with Crippen molar-refractivity contribution < 1.29 is 9.53 Å². The van der Waals surface area contributed by atoms with Gasteiger partial charge in [-0.15, -0.1) is 0 Å². The van der Waals surface area contributed by atoms with Crippen LogP contribution in [-0.4, -0.2) is 18.1 Å². The molecule has 0 saturated carbocycles. The van der Waals surface area contributed by atoms with Crippen molar-refractivity contribution in [3.05, 3.63) is 28.6 Å². The Morgan fingerprint density at radius 3 is 3.14 bits per heavy atom. The van der Waals surface area contributed by atoms with Crippen molar-refractivity contribution in [2.45, 2.75) is 0 Å². The molecule has 70 valence electrons. The third-order valence-electron chi connectivity index (χ3n) is 1.86. The lowest BCUT2D eigenvalue weighted by Gasteiger charge is -1.92. The van der Waals surface area contributed by atoms with Crippen LogP contribution in [0.15, 0.2) is 11.4 Å². The van der Waals surface area contributed by atoms with Gasteiger partial charge in [0.1, 0.15) is 5.69 Å². The molecular formula is C9H6N2O2S. The molecule has 0 spiro atoms. The van der Waals surface area contributed by atoms with E-state index in [1.54, 1.807) is 11.4 Å². The van der Waals surface area contributed by atoms with Gasteiger partial charge >= 0.3 is 5.97 Å². The molecule has 2 rings (SSSR count). The third-order valence-corrected chi connectivity index (χ3v) is 2.78. The quantitative estimate of drug-likeness (QED) is 0.575. The van der Waals surface area contributed by atoms with Crippen LogP contribution < -0.4 is 0 Å². The van der Waals surface area contributed by atoms with Crippen molar-refractivity contribution in [1.82, 2.24) is 4.98 Å². The Labute approximate surface area is 83.9 Å². The van der Waals surface area contributed by atoms with Gasteiger partial charge < -0.3 is 9.72 Å². The summed E-state index contributed by atoms with van der Waals surface area (Å²) in [5.41, 5.74) is 1.64. The van der Waals surface area contributed by atoms with E-state index < -0.39 is 5.97 Å². The molecule has 0 unspecified atom stereocenters. The third kappa shape index (κ3) is 1.17. The number of carbonyl (C=O) groups is 1. The molecule has 1 N–H and O–H groups in total. The second-order valence-electron chi connectivity index (χ2n) is 2.65. The Balaban J connectivity index is 2.59. The molecular weight excluding hydrogens is 200 g/mol. The first-order valence-electron chi connectivity index (χ1n) is 3.82. The van der Waals surface area contributed by atoms with Gasteiger partial charge in [0, 0.05) is 4.70 Å². The molecule has 0 radical (unpaired) electrons. The second kappa shape index (κ2) is 3.16. The first kappa shape index (κ1) is 8.78. The van der Waals surface area contributed by atoms with E-state index in [0.717, 1.165) is 4.70 Å². The molecule has 5 heteroatoms. The van der Waals surface area contributed by atoms with Gasteiger partial charge in [-0.1, -0.05) is 0 Å². The van der Waals surface area contributed by atoms with E-state index in [4.69, 9.17) is 6.57 Å². The first-order valence-corrected chi connectivity index (χ1v) is 4.70. The molecule has 2 aromatic rings. The zero-order valence-electron chi connectivity index (χ0n) is 7.33. The predicted octanol–water partition coefficient (Wildman–Crippen LogP) is 2.57. The van der Waals surface area contributed by atoms with Crippen LogP contribution >= 0.6 is 11.3 Å². The molecule has 4 nitrogen and oxygen atoms in total. The maximum atomic E-state index is 11.2. The van der Waals surface area contributed by atoms with Crippen LogP contribution in [0.1, 0.15) is 10.5 Å². The highest BCUT2D eigenvalue weighted by molar-refractivity contribution is 7.17. The lowest BCUT2D eigenvalue weighted by atomic mass is 10.4. The Hall–Kier alpha value is -1.80. The SMILES string of the molecule is [C-]#[N+]c1csc2cc(C(=O)OC)[nH]c12. The number of ether oxygens (including phenoxy) is 1. The molecule has 0 aliphatic rings. The Morgan fingerprint density at radius 2 is 2.50 bits per heavy atom. The number of carbonyl (C=O) groups excluding carboxylic acids is 1. The van der Waals surface area contributed by atoms with E-state index in [0.29, 0.717) is 16.9 Å². The van der Waals surface area contributed by atoms with E-state index in [1.165, 1.54) is 18.4 Å². The highest BCUT2D eigenvalue weighted by Crippen LogP contribution is 2.32. The van der Waals surface area contributed by atoms with Crippen LogP contribution in [-0.2, 0) is 4.74 Å². The fourth-order valence-corrected chi connectivity index (χ4v) is 2.07. The summed E-state index contributed by atoms with van der Waals surface area (Å²) in [6.45, 7) is 6.90. The van der Waals surface area contributed by atoms with E-state index in [2.05, 4.69) is 14.6 Å². The number of fused-ring (bicyclic) bond motifs is 1. The average Bonchev–Trinajstić information content (AvgIpc) is 2.74. The number of rotatable bonds is 1. The molecule has 0 aliphatic carbocycles. The van der Waals surface area contributed by atoms with Crippen molar-refractivity contribution in [1.29, 1.82) is 0 Å². The number of H-pyrrole nitrogens is 1. The summed E-state index contributed by atoms with van der Waals surface area (Å²) in [5, 5.41) is 1.76. The number of hydrogen-bond donors (Lipinski definition) is 1. The fraction of sp³-hybridized carbons (Fsp3) is 0.111. The van der Waals surface area contributed by atoms with Crippen LogP contribution in [0, 0.1) is 6.57 Å². The summed E-state index contributed by atoms with van der Waals surface area (Å²) in [7, 11) is 1.33. The van der Waals surface area contributed by atoms with Crippen LogP contribution in [0.2, 0.25) is 0 Å². The van der Waals surface area contributed by atoms with Crippen LogP contribution in [0.5, 0.6) is 0 Å². The lowest BCUT2D eigenvalue weighted by Crippen LogP contribution is -2.00. The molecule has 0 aliphatic heterocycles. The number of esters is 1. The van der Waals surface area contributed by atoms with Crippen molar-refractivity contribution in [3.63, 3.8) is 0 Å². The van der Waals surface area contributed by atoms with Gasteiger partial charge in [-0.3, -0.25) is 0 Å². The topological polar surface area (TPSA) is 46.5 Å². The van der Waals surface area contributed by atoms with E-state index in [1.807, 2.05) is 0 Å². The van der Waals surface area contributed by atoms with E-state index >= 15 is 0 Å². The number of nitrogens with one attached hydrogen (secondary N) is 1. The van der Waals surface area contributed by atoms with Gasteiger partial charge in [-0.05, 0) is 11.4 Å². The standard InChI is InChI=1S/C9H6N2O2S/c1-10-6-4-14-7-3-5(9(12)13-2)11-8(6)7/h3-4,11H,2H3. The highest BCUT2D eigenvalue weighted by atomic mass is 32.1. The molecule has 2 aromatic heterocycles. The Morgan fingerprint density at radius 1 is 1.71 bits per heavy atom. The van der Waals surface area contributed by atoms with E-state index in [9.17, 15) is 4.79 Å². The average molecular weight is 206 g/mol. The van der Waals surface area contributed by atoms with Gasteiger partial charge in [0.05, 0.1) is 19.2 Å². The van der Waals surface area contributed by atoms with Crippen LogP contribution in [0.4, 0.5) is 5.69 Å². The summed E-state index contributed by atoms with van der Waals surface area (Å²) in [6.07, 6.45) is 0. The van der Waals surface area contributed by atoms with Crippen molar-refractivity contribution >= 4 is 33.2 Å². The lowest BCUT2D eigenvalue weighted by molar-refractivity contribution is 0.0595. The zero-order valence-corrected chi connectivity index (χ0v) is 8.14. The van der Waals surface area contributed by atoms with Gasteiger partial charge in [-0.25, -0.2) is 9.64 Å². The molecule has 0 bridgehead atoms. The van der Waals surface area contributed by atoms with Gasteiger partial charge in [0.15, 0.2) is 0 Å². The summed E-state index contributed by atoms with van der Waals surface area (Å²) in [6, 6.07) is 1.69. The summed E-state index contributed by atoms with van der Waals surface area (Å²) < 4.78 is 5.47. The predicted molar refractivity (Wildman–Crippen MR) is 53.8 cm³/mol. The summed E-state index contributed by atoms with van der Waals surface area (Å²) in [4.78, 5) is 17.4. The Bertz CT molecular complexity index is 532. The van der Waals surface area contributed by atoms with Crippen LogP contribution in [0.25, 0.3) is 15.1 Å². The maximum Gasteiger partial charge on any atom is 0.354 e. The minimum absolute atomic E-state index is 0.388. The maximum absolute atomic E-state index is 11.2. The monoisotopic (exact) mass is 206 g/mol. The number of hydrogen-bond acceptors (Lipinski definition) is 3. The summed E-state index contributed by atoms with van der Waals surface area (Å²) >= 11 is 1.43. The van der Waals surface area contributed by atoms with Gasteiger partial charge in [-0.2, -0.15) is 11.3 Å². The van der Waals surface area contributed by atoms with Crippen molar-refractivity contribution in [2.24, 2.45) is 0 Å². The molecule has 0 aromatic carbocycles. The molecule has 0 fully saturated rings. The normalized spacial score (nSPS) is 10.0. The zero-order chi connectivity index (χ0) is 10.1. The fourth-order valence-electron chi connectivity index (χ4n) is 1.20. The molecule has 2 heterocycles. The minimum atomic E-state index is -0.413. The van der Waals surface area contributed by atoms with Gasteiger partial charge in [0.25, 0.3) is 0 Å². The first-order chi connectivity index (χ1) is 6.76. The number of methoxy groups -OCH3 is 1. The second-order valence-corrected chi connectivity index (χ2v) is 3.56. The van der Waals surface area contributed by atoms with E-state index in [-0.39, 0.29) is 0 Å². The summed E-state index contributed by atoms with van der Waals surface area (Å²) in [5.74, 6) is -0.413. The molecule has 0 saturated heterocycles. The molecule has 14 heavy (non-hydrogen) atoms. The van der Waals surface area contributed by atoms with Gasteiger partial charge in [0.2, 0.25) is 5.69 Å². The largest absolute Gasteiger partial charge is 0.464 e. The number of nitrogens with zero attached hydrogens (tertiary/aromatic N) is 1. The molecule has 0 atom stereocenters. The highest BCUT2D eigenvalue weighted by Gasteiger charge is 2.12. The minimum Gasteiger partial charge on any atom is -0.464 e.